The van der Waals surface area contributed by atoms with Gasteiger partial charge in [-0.2, -0.15) is 0 Å². The molecule has 0 aromatic heterocycles. The maximum Gasteiger partial charge on any atom is 0.0417 e. The van der Waals surface area contributed by atoms with Crippen molar-refractivity contribution in [3.63, 3.8) is 0 Å². The van der Waals surface area contributed by atoms with Gasteiger partial charge >= 0.3 is 0 Å². The molecular formula is C14H21BrClN. The fourth-order valence-corrected chi connectivity index (χ4v) is 3.14. The van der Waals surface area contributed by atoms with E-state index in [0.717, 1.165) is 16.0 Å². The van der Waals surface area contributed by atoms with Crippen LogP contribution in [0.3, 0.4) is 0 Å². The Balaban J connectivity index is 2.96. The maximum absolute atomic E-state index is 5.99. The number of hydrogen-bond donors (Lipinski definition) is 1. The molecule has 0 aliphatic rings. The van der Waals surface area contributed by atoms with Crippen LogP contribution in [-0.4, -0.2) is 6.54 Å². The molecule has 0 spiro atoms. The van der Waals surface area contributed by atoms with Crippen molar-refractivity contribution in [2.24, 2.45) is 5.92 Å². The Labute approximate surface area is 118 Å². The maximum atomic E-state index is 5.99. The molecule has 0 fully saturated rings. The summed E-state index contributed by atoms with van der Waals surface area (Å²) in [5, 5.41) is 4.35. The first-order valence-electron chi connectivity index (χ1n) is 6.28. The fraction of sp³-hybridized carbons (Fsp3) is 0.571. The number of benzene rings is 1. The third-order valence-corrected chi connectivity index (χ3v) is 3.96. The summed E-state index contributed by atoms with van der Waals surface area (Å²) < 4.78 is 1.10. The molecule has 1 aromatic rings. The minimum absolute atomic E-state index is 0.395. The van der Waals surface area contributed by atoms with Crippen LogP contribution in [-0.2, 0) is 0 Å². The van der Waals surface area contributed by atoms with Crippen LogP contribution < -0.4 is 5.32 Å². The van der Waals surface area contributed by atoms with Gasteiger partial charge in [0.2, 0.25) is 0 Å². The van der Waals surface area contributed by atoms with Crippen LogP contribution in [0.5, 0.6) is 0 Å². The third kappa shape index (κ3) is 4.27. The first-order chi connectivity index (χ1) is 8.10. The standard InChI is InChI=1S/C14H21BrClN/c1-4-6-10(3)14(17-5-2)12-8-7-11(16)9-13(12)15/h7-10,14,17H,4-6H2,1-3H3. The van der Waals surface area contributed by atoms with Crippen LogP contribution in [0.15, 0.2) is 22.7 Å². The van der Waals surface area contributed by atoms with Crippen molar-refractivity contribution in [1.82, 2.24) is 5.32 Å². The van der Waals surface area contributed by atoms with E-state index < -0.39 is 0 Å². The highest BCUT2D eigenvalue weighted by Gasteiger charge is 2.19. The summed E-state index contributed by atoms with van der Waals surface area (Å²) >= 11 is 9.60. The van der Waals surface area contributed by atoms with Crippen molar-refractivity contribution in [3.8, 4) is 0 Å². The van der Waals surface area contributed by atoms with E-state index in [1.165, 1.54) is 18.4 Å². The molecule has 2 atom stereocenters. The lowest BCUT2D eigenvalue weighted by Gasteiger charge is -2.26. The van der Waals surface area contributed by atoms with Gasteiger partial charge in [0.1, 0.15) is 0 Å². The molecule has 1 N–H and O–H groups in total. The van der Waals surface area contributed by atoms with E-state index in [4.69, 9.17) is 11.6 Å². The fourth-order valence-electron chi connectivity index (χ4n) is 2.21. The lowest BCUT2D eigenvalue weighted by molar-refractivity contribution is 0.368. The van der Waals surface area contributed by atoms with Gasteiger partial charge in [-0.1, -0.05) is 60.8 Å². The molecule has 0 heterocycles. The zero-order valence-corrected chi connectivity index (χ0v) is 13.1. The molecule has 0 saturated heterocycles. The van der Waals surface area contributed by atoms with Crippen LogP contribution in [0.25, 0.3) is 0 Å². The molecule has 0 aliphatic carbocycles. The van der Waals surface area contributed by atoms with Crippen molar-refractivity contribution in [2.75, 3.05) is 6.54 Å². The Hall–Kier alpha value is -0.0500. The molecule has 2 unspecified atom stereocenters. The Morgan fingerprint density at radius 3 is 2.59 bits per heavy atom. The molecule has 0 bridgehead atoms. The van der Waals surface area contributed by atoms with E-state index in [1.54, 1.807) is 0 Å². The van der Waals surface area contributed by atoms with Gasteiger partial charge in [0.05, 0.1) is 0 Å². The van der Waals surface area contributed by atoms with E-state index in [-0.39, 0.29) is 0 Å². The van der Waals surface area contributed by atoms with Gasteiger partial charge in [-0.05, 0) is 36.6 Å². The number of hydrogen-bond acceptors (Lipinski definition) is 1. The molecule has 0 aliphatic heterocycles. The highest BCUT2D eigenvalue weighted by atomic mass is 79.9. The molecule has 1 aromatic carbocycles. The molecule has 0 radical (unpaired) electrons. The topological polar surface area (TPSA) is 12.0 Å². The lowest BCUT2D eigenvalue weighted by atomic mass is 9.91. The monoisotopic (exact) mass is 317 g/mol. The van der Waals surface area contributed by atoms with E-state index in [0.29, 0.717) is 12.0 Å². The van der Waals surface area contributed by atoms with Gasteiger partial charge in [-0.15, -0.1) is 0 Å². The minimum Gasteiger partial charge on any atom is -0.310 e. The van der Waals surface area contributed by atoms with E-state index in [9.17, 15) is 0 Å². The SMILES string of the molecule is CCCC(C)C(NCC)c1ccc(Cl)cc1Br. The lowest BCUT2D eigenvalue weighted by Crippen LogP contribution is -2.27. The molecule has 96 valence electrons. The van der Waals surface area contributed by atoms with Crippen LogP contribution in [0.2, 0.25) is 5.02 Å². The minimum atomic E-state index is 0.395. The van der Waals surface area contributed by atoms with Gasteiger partial charge in [-0.25, -0.2) is 0 Å². The number of nitrogens with one attached hydrogen (secondary N) is 1. The number of rotatable bonds is 6. The highest BCUT2D eigenvalue weighted by Crippen LogP contribution is 2.32. The van der Waals surface area contributed by atoms with Crippen LogP contribution in [0.4, 0.5) is 0 Å². The van der Waals surface area contributed by atoms with Crippen molar-refractivity contribution in [2.45, 2.75) is 39.7 Å². The van der Waals surface area contributed by atoms with Crippen molar-refractivity contribution >= 4 is 27.5 Å². The van der Waals surface area contributed by atoms with Crippen molar-refractivity contribution < 1.29 is 0 Å². The summed E-state index contributed by atoms with van der Waals surface area (Å²) in [4.78, 5) is 0. The second kappa shape index (κ2) is 7.40. The highest BCUT2D eigenvalue weighted by molar-refractivity contribution is 9.10. The predicted octanol–water partition coefficient (Wildman–Crippen LogP) is 5.19. The summed E-state index contributed by atoms with van der Waals surface area (Å²) in [6.07, 6.45) is 2.45. The summed E-state index contributed by atoms with van der Waals surface area (Å²) in [7, 11) is 0. The van der Waals surface area contributed by atoms with E-state index in [2.05, 4.69) is 48.1 Å². The molecular weight excluding hydrogens is 298 g/mol. The molecule has 17 heavy (non-hydrogen) atoms. The van der Waals surface area contributed by atoms with Gasteiger partial charge in [-0.3, -0.25) is 0 Å². The van der Waals surface area contributed by atoms with Crippen LogP contribution in [0.1, 0.15) is 45.2 Å². The quantitative estimate of drug-likeness (QED) is 0.761. The molecule has 0 amide bonds. The van der Waals surface area contributed by atoms with Gasteiger partial charge < -0.3 is 5.32 Å². The number of halogens is 2. The molecule has 3 heteroatoms. The molecule has 1 nitrogen and oxygen atoms in total. The second-order valence-corrected chi connectivity index (χ2v) is 5.76. The molecule has 1 rings (SSSR count). The Morgan fingerprint density at radius 1 is 1.35 bits per heavy atom. The van der Waals surface area contributed by atoms with Crippen LogP contribution in [0, 0.1) is 5.92 Å². The Kier molecular flexibility index (Phi) is 6.53. The van der Waals surface area contributed by atoms with Gasteiger partial charge in [0, 0.05) is 15.5 Å². The zero-order valence-electron chi connectivity index (χ0n) is 10.8. The average Bonchev–Trinajstić information content (AvgIpc) is 2.27. The Bertz CT molecular complexity index is 354. The summed E-state index contributed by atoms with van der Waals surface area (Å²) in [6.45, 7) is 7.66. The average molecular weight is 319 g/mol. The summed E-state index contributed by atoms with van der Waals surface area (Å²) in [6, 6.07) is 6.45. The third-order valence-electron chi connectivity index (χ3n) is 3.03. The normalized spacial score (nSPS) is 14.6. The second-order valence-electron chi connectivity index (χ2n) is 4.47. The van der Waals surface area contributed by atoms with Crippen molar-refractivity contribution in [1.29, 1.82) is 0 Å². The van der Waals surface area contributed by atoms with E-state index >= 15 is 0 Å². The largest absolute Gasteiger partial charge is 0.310 e. The zero-order chi connectivity index (χ0) is 12.8. The molecule has 0 saturated carbocycles. The summed E-state index contributed by atoms with van der Waals surface area (Å²) in [5.74, 6) is 0.623. The Morgan fingerprint density at radius 2 is 2.06 bits per heavy atom. The smallest absolute Gasteiger partial charge is 0.0417 e. The summed E-state index contributed by atoms with van der Waals surface area (Å²) in [5.41, 5.74) is 1.30. The first-order valence-corrected chi connectivity index (χ1v) is 7.45. The first kappa shape index (κ1) is 15.0. The van der Waals surface area contributed by atoms with E-state index in [1.807, 2.05) is 12.1 Å². The predicted molar refractivity (Wildman–Crippen MR) is 79.6 cm³/mol. The van der Waals surface area contributed by atoms with Crippen molar-refractivity contribution in [3.05, 3.63) is 33.3 Å². The van der Waals surface area contributed by atoms with Crippen LogP contribution >= 0.6 is 27.5 Å². The van der Waals surface area contributed by atoms with Gasteiger partial charge in [0.15, 0.2) is 0 Å². The van der Waals surface area contributed by atoms with Gasteiger partial charge in [0.25, 0.3) is 0 Å².